The van der Waals surface area contributed by atoms with Crippen LogP contribution in [-0.4, -0.2) is 44.3 Å². The maximum atomic E-state index is 13.0. The summed E-state index contributed by atoms with van der Waals surface area (Å²) >= 11 is 0. The molecule has 1 aromatic heterocycles. The number of rotatable bonds is 7. The van der Waals surface area contributed by atoms with E-state index in [-0.39, 0.29) is 0 Å². The van der Waals surface area contributed by atoms with Crippen molar-refractivity contribution >= 4 is 15.8 Å². The lowest BCUT2D eigenvalue weighted by Gasteiger charge is -2.34. The van der Waals surface area contributed by atoms with Gasteiger partial charge in [0.25, 0.3) is 0 Å². The summed E-state index contributed by atoms with van der Waals surface area (Å²) in [6.07, 6.45) is 6.63. The van der Waals surface area contributed by atoms with E-state index in [0.717, 1.165) is 32.4 Å². The molecule has 1 saturated heterocycles. The predicted octanol–water partition coefficient (Wildman–Crippen LogP) is 3.34. The van der Waals surface area contributed by atoms with Crippen LogP contribution in [0.1, 0.15) is 26.2 Å². The predicted molar refractivity (Wildman–Crippen MR) is 106 cm³/mol. The van der Waals surface area contributed by atoms with E-state index in [2.05, 4.69) is 21.8 Å². The van der Waals surface area contributed by atoms with Crippen molar-refractivity contribution in [1.82, 2.24) is 9.97 Å². The molecular weight excluding hydrogens is 381 g/mol. The molecule has 8 heteroatoms. The Bertz CT molecular complexity index is 865. The van der Waals surface area contributed by atoms with Crippen molar-refractivity contribution in [1.29, 1.82) is 0 Å². The summed E-state index contributed by atoms with van der Waals surface area (Å²) in [5.74, 6) is 1.98. The van der Waals surface area contributed by atoms with Crippen molar-refractivity contribution in [3.63, 3.8) is 0 Å². The number of ether oxygens (including phenoxy) is 1. The lowest BCUT2D eigenvalue weighted by Crippen LogP contribution is -2.37. The van der Waals surface area contributed by atoms with Gasteiger partial charge in [-0.3, -0.25) is 0 Å². The van der Waals surface area contributed by atoms with Gasteiger partial charge in [-0.2, -0.15) is 0 Å². The van der Waals surface area contributed by atoms with Gasteiger partial charge in [0, 0.05) is 19.3 Å². The number of halogens is 1. The molecule has 2 aromatic rings. The van der Waals surface area contributed by atoms with Crippen molar-refractivity contribution in [3.05, 3.63) is 42.5 Å². The summed E-state index contributed by atoms with van der Waals surface area (Å²) in [5.41, 5.74) is 0. The van der Waals surface area contributed by atoms with Crippen molar-refractivity contribution in [2.24, 2.45) is 11.8 Å². The summed E-state index contributed by atoms with van der Waals surface area (Å²) < 4.78 is 41.7. The van der Waals surface area contributed by atoms with Crippen molar-refractivity contribution < 1.29 is 17.5 Å². The van der Waals surface area contributed by atoms with E-state index in [1.807, 2.05) is 0 Å². The summed E-state index contributed by atoms with van der Waals surface area (Å²) in [7, 11) is -3.18. The SMILES string of the molecule is CC(CCOc1ccc(S(C)(=O)=O)cc1)C1CCN(c2ncc(F)cn2)CC1. The second kappa shape index (κ2) is 8.86. The molecule has 3 rings (SSSR count). The van der Waals surface area contributed by atoms with Gasteiger partial charge in [0.2, 0.25) is 5.95 Å². The molecule has 152 valence electrons. The zero-order chi connectivity index (χ0) is 20.1. The first-order chi connectivity index (χ1) is 13.3. The molecule has 6 nitrogen and oxygen atoms in total. The fourth-order valence-corrected chi connectivity index (χ4v) is 4.15. The van der Waals surface area contributed by atoms with Crippen LogP contribution < -0.4 is 9.64 Å². The molecule has 0 bridgehead atoms. The fourth-order valence-electron chi connectivity index (χ4n) is 3.52. The molecule has 2 heterocycles. The second-order valence-electron chi connectivity index (χ2n) is 7.38. The van der Waals surface area contributed by atoms with Crippen molar-refractivity contribution in [2.45, 2.75) is 31.1 Å². The highest BCUT2D eigenvalue weighted by molar-refractivity contribution is 7.90. The van der Waals surface area contributed by atoms with Crippen LogP contribution in [0.3, 0.4) is 0 Å². The summed E-state index contributed by atoms with van der Waals surface area (Å²) in [6.45, 7) is 4.58. The number of anilines is 1. The Balaban J connectivity index is 1.42. The number of nitrogens with zero attached hydrogens (tertiary/aromatic N) is 3. The van der Waals surface area contributed by atoms with Crippen LogP contribution in [0.25, 0.3) is 0 Å². The Labute approximate surface area is 165 Å². The van der Waals surface area contributed by atoms with Gasteiger partial charge in [-0.05, 0) is 55.4 Å². The van der Waals surface area contributed by atoms with E-state index < -0.39 is 15.7 Å². The molecule has 0 spiro atoms. The lowest BCUT2D eigenvalue weighted by molar-refractivity contribution is 0.222. The Hall–Kier alpha value is -2.22. The van der Waals surface area contributed by atoms with Crippen molar-refractivity contribution in [2.75, 3.05) is 30.9 Å². The Morgan fingerprint density at radius 1 is 1.18 bits per heavy atom. The molecule has 0 N–H and O–H groups in total. The molecule has 0 aliphatic carbocycles. The highest BCUT2D eigenvalue weighted by Crippen LogP contribution is 2.28. The number of hydrogen-bond donors (Lipinski definition) is 0. The number of piperidine rings is 1. The molecule has 0 saturated carbocycles. The Kier molecular flexibility index (Phi) is 6.49. The third kappa shape index (κ3) is 5.41. The van der Waals surface area contributed by atoms with Crippen LogP contribution in [0.5, 0.6) is 5.75 Å². The largest absolute Gasteiger partial charge is 0.494 e. The van der Waals surface area contributed by atoms with Gasteiger partial charge < -0.3 is 9.64 Å². The van der Waals surface area contributed by atoms with Crippen LogP contribution in [0.2, 0.25) is 0 Å². The third-order valence-electron chi connectivity index (χ3n) is 5.33. The summed E-state index contributed by atoms with van der Waals surface area (Å²) in [5, 5.41) is 0. The molecule has 0 amide bonds. The number of hydrogen-bond acceptors (Lipinski definition) is 6. The highest BCUT2D eigenvalue weighted by atomic mass is 32.2. The van der Waals surface area contributed by atoms with Gasteiger partial charge >= 0.3 is 0 Å². The van der Waals surface area contributed by atoms with E-state index in [0.29, 0.717) is 35.0 Å². The molecule has 1 aliphatic rings. The first-order valence-corrected chi connectivity index (χ1v) is 11.4. The quantitative estimate of drug-likeness (QED) is 0.701. The highest BCUT2D eigenvalue weighted by Gasteiger charge is 2.25. The molecule has 1 unspecified atom stereocenters. The van der Waals surface area contributed by atoms with Crippen molar-refractivity contribution in [3.8, 4) is 5.75 Å². The van der Waals surface area contributed by atoms with Gasteiger partial charge in [0.05, 0.1) is 23.9 Å². The summed E-state index contributed by atoms with van der Waals surface area (Å²) in [6, 6.07) is 6.53. The van der Waals surface area contributed by atoms with E-state index in [1.165, 1.54) is 18.6 Å². The average molecular weight is 408 g/mol. The smallest absolute Gasteiger partial charge is 0.225 e. The van der Waals surface area contributed by atoms with Gasteiger partial charge in [-0.1, -0.05) is 6.92 Å². The minimum atomic E-state index is -3.18. The van der Waals surface area contributed by atoms with E-state index >= 15 is 0 Å². The van der Waals surface area contributed by atoms with Gasteiger partial charge in [-0.15, -0.1) is 0 Å². The lowest BCUT2D eigenvalue weighted by atomic mass is 9.84. The average Bonchev–Trinajstić information content (AvgIpc) is 2.68. The number of benzene rings is 1. The van der Waals surface area contributed by atoms with E-state index in [9.17, 15) is 12.8 Å². The minimum Gasteiger partial charge on any atom is -0.494 e. The Morgan fingerprint density at radius 3 is 2.36 bits per heavy atom. The monoisotopic (exact) mass is 407 g/mol. The standard InChI is InChI=1S/C20H26FN3O3S/c1-15(9-12-27-18-3-5-19(6-4-18)28(2,25)26)16-7-10-24(11-8-16)20-22-13-17(21)14-23-20/h3-6,13-16H,7-12H2,1-2H3. The van der Waals surface area contributed by atoms with E-state index in [4.69, 9.17) is 4.74 Å². The number of sulfone groups is 1. The van der Waals surface area contributed by atoms with Gasteiger partial charge in [0.1, 0.15) is 5.75 Å². The minimum absolute atomic E-state index is 0.296. The molecule has 28 heavy (non-hydrogen) atoms. The third-order valence-corrected chi connectivity index (χ3v) is 6.46. The molecule has 0 radical (unpaired) electrons. The molecular formula is C20H26FN3O3S. The molecule has 1 aliphatic heterocycles. The van der Waals surface area contributed by atoms with Crippen LogP contribution >= 0.6 is 0 Å². The van der Waals surface area contributed by atoms with Crippen LogP contribution in [-0.2, 0) is 9.84 Å². The summed E-state index contributed by atoms with van der Waals surface area (Å²) in [4.78, 5) is 10.5. The molecule has 1 atom stereocenters. The molecule has 1 fully saturated rings. The van der Waals surface area contributed by atoms with Gasteiger partial charge in [-0.25, -0.2) is 22.8 Å². The maximum absolute atomic E-state index is 13.0. The topological polar surface area (TPSA) is 72.4 Å². The van der Waals surface area contributed by atoms with Gasteiger partial charge in [0.15, 0.2) is 15.7 Å². The van der Waals surface area contributed by atoms with Crippen LogP contribution in [0.15, 0.2) is 41.6 Å². The zero-order valence-corrected chi connectivity index (χ0v) is 17.0. The maximum Gasteiger partial charge on any atom is 0.225 e. The van der Waals surface area contributed by atoms with E-state index in [1.54, 1.807) is 24.3 Å². The normalized spacial score (nSPS) is 16.8. The van der Waals surface area contributed by atoms with Crippen LogP contribution in [0.4, 0.5) is 10.3 Å². The second-order valence-corrected chi connectivity index (χ2v) is 9.40. The fraction of sp³-hybridized carbons (Fsp3) is 0.500. The Morgan fingerprint density at radius 2 is 1.79 bits per heavy atom. The first-order valence-electron chi connectivity index (χ1n) is 9.48. The molecule has 1 aromatic carbocycles. The number of aromatic nitrogens is 2. The first kappa shape index (κ1) is 20.5. The zero-order valence-electron chi connectivity index (χ0n) is 16.2. The van der Waals surface area contributed by atoms with Crippen LogP contribution in [0, 0.1) is 17.7 Å².